The van der Waals surface area contributed by atoms with Crippen LogP contribution >= 0.6 is 12.4 Å². The molecule has 1 N–H and O–H groups in total. The van der Waals surface area contributed by atoms with Gasteiger partial charge in [0.15, 0.2) is 0 Å². The predicted octanol–water partition coefficient (Wildman–Crippen LogP) is 2.67. The normalized spacial score (nSPS) is 26.8. The van der Waals surface area contributed by atoms with Gasteiger partial charge in [0.05, 0.1) is 0 Å². The number of hydrogen-bond donors (Lipinski definition) is 1. The Morgan fingerprint density at radius 3 is 2.45 bits per heavy atom. The van der Waals surface area contributed by atoms with E-state index in [0.717, 1.165) is 62.8 Å². The summed E-state index contributed by atoms with van der Waals surface area (Å²) in [6.45, 7) is 4.15. The summed E-state index contributed by atoms with van der Waals surface area (Å²) in [4.78, 5) is 14.9. The molecule has 0 spiro atoms. The number of nitrogens with one attached hydrogen (secondary N) is 1. The number of benzene rings is 1. The monoisotopic (exact) mass is 320 g/mol. The summed E-state index contributed by atoms with van der Waals surface area (Å²) in [6.07, 6.45) is 5.89. The summed E-state index contributed by atoms with van der Waals surface area (Å²) >= 11 is 0. The summed E-state index contributed by atoms with van der Waals surface area (Å²) in [5.74, 6) is 1.81. The fourth-order valence-electron chi connectivity index (χ4n) is 4.31. The number of aryl methyl sites for hydroxylation is 2. The Kier molecular flexibility index (Phi) is 4.74. The van der Waals surface area contributed by atoms with Crippen LogP contribution in [-0.4, -0.2) is 37.0 Å². The lowest BCUT2D eigenvalue weighted by molar-refractivity contribution is 0.0758. The largest absolute Gasteiger partial charge is 0.339 e. The summed E-state index contributed by atoms with van der Waals surface area (Å²) in [5.41, 5.74) is 3.75. The Labute approximate surface area is 138 Å². The standard InChI is InChI=1S/C18H24N2O.ClH/c21-18(15-5-4-13-2-1-3-14(13)10-15)20-8-6-16-11-19-12-17(16)7-9-20;/h4-5,10,16-17,19H,1-3,6-9,11-12H2;1H/t16-,17+;. The van der Waals surface area contributed by atoms with E-state index < -0.39 is 0 Å². The molecule has 120 valence electrons. The van der Waals surface area contributed by atoms with Crippen LogP contribution in [0.4, 0.5) is 0 Å². The molecule has 2 atom stereocenters. The fourth-order valence-corrected chi connectivity index (χ4v) is 4.31. The molecular weight excluding hydrogens is 296 g/mol. The molecule has 0 saturated carbocycles. The summed E-state index contributed by atoms with van der Waals surface area (Å²) < 4.78 is 0. The van der Waals surface area contributed by atoms with Gasteiger partial charge in [-0.05, 0) is 80.3 Å². The van der Waals surface area contributed by atoms with Crippen LogP contribution in [0.25, 0.3) is 0 Å². The van der Waals surface area contributed by atoms with Gasteiger partial charge in [0.2, 0.25) is 0 Å². The first-order valence-electron chi connectivity index (χ1n) is 8.43. The van der Waals surface area contributed by atoms with E-state index in [4.69, 9.17) is 0 Å². The van der Waals surface area contributed by atoms with E-state index in [0.29, 0.717) is 0 Å². The Bertz CT molecular complexity index is 546. The number of fused-ring (bicyclic) bond motifs is 2. The second-order valence-corrected chi connectivity index (χ2v) is 6.89. The molecule has 1 aromatic rings. The highest BCUT2D eigenvalue weighted by atomic mass is 35.5. The van der Waals surface area contributed by atoms with E-state index in [1.807, 2.05) is 6.07 Å². The van der Waals surface area contributed by atoms with Crippen molar-refractivity contribution in [3.63, 3.8) is 0 Å². The molecule has 0 bridgehead atoms. The van der Waals surface area contributed by atoms with Crippen molar-refractivity contribution in [1.29, 1.82) is 0 Å². The van der Waals surface area contributed by atoms with Gasteiger partial charge in [-0.15, -0.1) is 12.4 Å². The highest BCUT2D eigenvalue weighted by molar-refractivity contribution is 5.94. The minimum atomic E-state index is 0. The molecular formula is C18H25ClN2O. The summed E-state index contributed by atoms with van der Waals surface area (Å²) in [7, 11) is 0. The van der Waals surface area contributed by atoms with Crippen molar-refractivity contribution in [2.24, 2.45) is 11.8 Å². The minimum Gasteiger partial charge on any atom is -0.339 e. The number of carbonyl (C=O) groups is 1. The van der Waals surface area contributed by atoms with Gasteiger partial charge in [-0.25, -0.2) is 0 Å². The molecule has 0 radical (unpaired) electrons. The van der Waals surface area contributed by atoms with Crippen LogP contribution in [-0.2, 0) is 12.8 Å². The van der Waals surface area contributed by atoms with Gasteiger partial charge in [0, 0.05) is 18.7 Å². The zero-order valence-electron chi connectivity index (χ0n) is 13.0. The lowest BCUT2D eigenvalue weighted by Crippen LogP contribution is -2.32. The SMILES string of the molecule is Cl.O=C(c1ccc2c(c1)CCC2)N1CC[C@@H]2CNC[C@@H]2CC1. The minimum absolute atomic E-state index is 0. The van der Waals surface area contributed by atoms with Crippen LogP contribution in [0.3, 0.4) is 0 Å². The van der Waals surface area contributed by atoms with E-state index >= 15 is 0 Å². The van der Waals surface area contributed by atoms with E-state index in [2.05, 4.69) is 22.3 Å². The molecule has 2 aliphatic heterocycles. The molecule has 0 unspecified atom stereocenters. The average Bonchev–Trinajstić information content (AvgIpc) is 3.11. The second kappa shape index (κ2) is 6.59. The van der Waals surface area contributed by atoms with E-state index in [1.165, 1.54) is 24.0 Å². The molecule has 4 rings (SSSR count). The number of hydrogen-bond acceptors (Lipinski definition) is 2. The van der Waals surface area contributed by atoms with Crippen molar-refractivity contribution in [1.82, 2.24) is 10.2 Å². The predicted molar refractivity (Wildman–Crippen MR) is 90.7 cm³/mol. The molecule has 1 aromatic carbocycles. The van der Waals surface area contributed by atoms with Gasteiger partial charge >= 0.3 is 0 Å². The maximum Gasteiger partial charge on any atom is 0.253 e. The van der Waals surface area contributed by atoms with Crippen molar-refractivity contribution < 1.29 is 4.79 Å². The Morgan fingerprint density at radius 2 is 1.73 bits per heavy atom. The lowest BCUT2D eigenvalue weighted by atomic mass is 9.92. The smallest absolute Gasteiger partial charge is 0.253 e. The number of nitrogens with zero attached hydrogens (tertiary/aromatic N) is 1. The van der Waals surface area contributed by atoms with Crippen LogP contribution in [0.1, 0.15) is 40.7 Å². The zero-order chi connectivity index (χ0) is 14.2. The van der Waals surface area contributed by atoms with Gasteiger partial charge in [-0.2, -0.15) is 0 Å². The van der Waals surface area contributed by atoms with Crippen LogP contribution in [0.5, 0.6) is 0 Å². The molecule has 3 nitrogen and oxygen atoms in total. The summed E-state index contributed by atoms with van der Waals surface area (Å²) in [6, 6.07) is 6.36. The van der Waals surface area contributed by atoms with Crippen LogP contribution < -0.4 is 5.32 Å². The van der Waals surface area contributed by atoms with Gasteiger partial charge in [0.25, 0.3) is 5.91 Å². The van der Waals surface area contributed by atoms with Gasteiger partial charge in [0.1, 0.15) is 0 Å². The molecule has 4 heteroatoms. The first kappa shape index (κ1) is 15.8. The molecule has 2 heterocycles. The quantitative estimate of drug-likeness (QED) is 0.863. The summed E-state index contributed by atoms with van der Waals surface area (Å²) in [5, 5.41) is 3.49. The van der Waals surface area contributed by atoms with Crippen molar-refractivity contribution >= 4 is 18.3 Å². The molecule has 0 aromatic heterocycles. The molecule has 2 fully saturated rings. The van der Waals surface area contributed by atoms with E-state index in [9.17, 15) is 4.79 Å². The Morgan fingerprint density at radius 1 is 1.05 bits per heavy atom. The maximum absolute atomic E-state index is 12.8. The number of likely N-dealkylation sites (tertiary alicyclic amines) is 1. The first-order chi connectivity index (χ1) is 10.3. The third-order valence-corrected chi connectivity index (χ3v) is 5.65. The number of halogens is 1. The first-order valence-corrected chi connectivity index (χ1v) is 8.43. The highest BCUT2D eigenvalue weighted by Crippen LogP contribution is 2.28. The Balaban J connectivity index is 0.00000144. The number of rotatable bonds is 1. The zero-order valence-corrected chi connectivity index (χ0v) is 13.8. The van der Waals surface area contributed by atoms with Crippen LogP contribution in [0, 0.1) is 11.8 Å². The van der Waals surface area contributed by atoms with E-state index in [1.54, 1.807) is 0 Å². The van der Waals surface area contributed by atoms with Crippen LogP contribution in [0.15, 0.2) is 18.2 Å². The second-order valence-electron chi connectivity index (χ2n) is 6.89. The lowest BCUT2D eigenvalue weighted by Gasteiger charge is -2.21. The van der Waals surface area contributed by atoms with Gasteiger partial charge < -0.3 is 10.2 Å². The molecule has 1 amide bonds. The topological polar surface area (TPSA) is 32.3 Å². The van der Waals surface area contributed by atoms with Crippen molar-refractivity contribution in [2.45, 2.75) is 32.1 Å². The third kappa shape index (κ3) is 2.89. The molecule has 22 heavy (non-hydrogen) atoms. The Hall–Kier alpha value is -1.06. The van der Waals surface area contributed by atoms with E-state index in [-0.39, 0.29) is 18.3 Å². The van der Waals surface area contributed by atoms with Crippen molar-refractivity contribution in [3.8, 4) is 0 Å². The molecule has 3 aliphatic rings. The van der Waals surface area contributed by atoms with Gasteiger partial charge in [-0.3, -0.25) is 4.79 Å². The van der Waals surface area contributed by atoms with Gasteiger partial charge in [-0.1, -0.05) is 6.07 Å². The third-order valence-electron chi connectivity index (χ3n) is 5.65. The number of carbonyl (C=O) groups excluding carboxylic acids is 1. The van der Waals surface area contributed by atoms with Crippen molar-refractivity contribution in [3.05, 3.63) is 34.9 Å². The van der Waals surface area contributed by atoms with Crippen LogP contribution in [0.2, 0.25) is 0 Å². The molecule has 2 saturated heterocycles. The fraction of sp³-hybridized carbons (Fsp3) is 0.611. The van der Waals surface area contributed by atoms with Crippen molar-refractivity contribution in [2.75, 3.05) is 26.2 Å². The molecule has 1 aliphatic carbocycles. The highest BCUT2D eigenvalue weighted by Gasteiger charge is 2.31. The number of amides is 1. The average molecular weight is 321 g/mol. The maximum atomic E-state index is 12.8.